The Morgan fingerprint density at radius 1 is 1.29 bits per heavy atom. The third kappa shape index (κ3) is 2.11. The lowest BCUT2D eigenvalue weighted by atomic mass is 10.1. The number of benzene rings is 1. The minimum Gasteiger partial charge on any atom is -0.480 e. The summed E-state index contributed by atoms with van der Waals surface area (Å²) in [6.45, 7) is 3.47. The van der Waals surface area contributed by atoms with Gasteiger partial charge in [0, 0.05) is 12.1 Å². The fraction of sp³-hybridized carbons (Fsp3) is 0.250. The molecule has 3 rings (SSSR count). The molecule has 1 amide bonds. The second kappa shape index (κ2) is 4.77. The predicted octanol–water partition coefficient (Wildman–Crippen LogP) is 2.55. The van der Waals surface area contributed by atoms with Crippen molar-refractivity contribution >= 4 is 17.6 Å². The summed E-state index contributed by atoms with van der Waals surface area (Å²) in [6, 6.07) is 8.06. The van der Waals surface area contributed by atoms with Gasteiger partial charge in [-0.2, -0.15) is 0 Å². The van der Waals surface area contributed by atoms with Crippen LogP contribution in [-0.2, 0) is 11.2 Å². The first-order chi connectivity index (χ1) is 9.99. The van der Waals surface area contributed by atoms with E-state index < -0.39 is 12.0 Å². The van der Waals surface area contributed by atoms with Crippen molar-refractivity contribution in [3.05, 3.63) is 53.0 Å². The average Bonchev–Trinajstić information content (AvgIpc) is 2.98. The number of carboxylic acids is 1. The number of fused-ring (bicyclic) bond motifs is 1. The molecule has 1 atom stereocenters. The number of para-hydroxylation sites is 1. The van der Waals surface area contributed by atoms with Gasteiger partial charge in [-0.15, -0.1) is 0 Å². The summed E-state index contributed by atoms with van der Waals surface area (Å²) >= 11 is 0. The molecule has 0 saturated carbocycles. The van der Waals surface area contributed by atoms with E-state index >= 15 is 0 Å². The lowest BCUT2D eigenvalue weighted by molar-refractivity contribution is -0.138. The molecule has 1 aromatic carbocycles. The van der Waals surface area contributed by atoms with Crippen molar-refractivity contribution in [3.63, 3.8) is 0 Å². The van der Waals surface area contributed by atoms with E-state index in [0.717, 1.165) is 5.56 Å². The van der Waals surface area contributed by atoms with Crippen LogP contribution in [0.2, 0.25) is 0 Å². The highest BCUT2D eigenvalue weighted by molar-refractivity contribution is 6.11. The highest BCUT2D eigenvalue weighted by Crippen LogP contribution is 2.34. The number of carboxylic acid groups (broad SMARTS) is 1. The lowest BCUT2D eigenvalue weighted by Gasteiger charge is -2.22. The molecule has 108 valence electrons. The molecule has 1 aliphatic rings. The molecule has 0 saturated heterocycles. The van der Waals surface area contributed by atoms with E-state index in [1.807, 2.05) is 12.1 Å². The van der Waals surface area contributed by atoms with Crippen LogP contribution in [0, 0.1) is 13.8 Å². The fourth-order valence-electron chi connectivity index (χ4n) is 2.81. The molecular formula is C16H15NO4. The first kappa shape index (κ1) is 13.4. The van der Waals surface area contributed by atoms with Gasteiger partial charge in [0.2, 0.25) is 0 Å². The maximum Gasteiger partial charge on any atom is 0.327 e. The van der Waals surface area contributed by atoms with Gasteiger partial charge >= 0.3 is 5.97 Å². The van der Waals surface area contributed by atoms with Gasteiger partial charge in [-0.3, -0.25) is 9.69 Å². The number of anilines is 1. The molecule has 0 aliphatic carbocycles. The average molecular weight is 285 g/mol. The Hall–Kier alpha value is -2.56. The zero-order valence-electron chi connectivity index (χ0n) is 11.8. The number of furan rings is 1. The second-order valence-corrected chi connectivity index (χ2v) is 5.19. The van der Waals surface area contributed by atoms with Crippen LogP contribution in [-0.4, -0.2) is 23.0 Å². The summed E-state index contributed by atoms with van der Waals surface area (Å²) in [5.74, 6) is -0.194. The molecule has 2 aromatic rings. The normalized spacial score (nSPS) is 16.9. The largest absolute Gasteiger partial charge is 0.480 e. The van der Waals surface area contributed by atoms with Crippen molar-refractivity contribution in [1.29, 1.82) is 0 Å². The molecule has 1 aliphatic heterocycles. The third-order valence-corrected chi connectivity index (χ3v) is 3.75. The number of hydrogen-bond acceptors (Lipinski definition) is 3. The van der Waals surface area contributed by atoms with Gasteiger partial charge in [-0.1, -0.05) is 18.2 Å². The van der Waals surface area contributed by atoms with E-state index in [-0.39, 0.29) is 5.91 Å². The summed E-state index contributed by atoms with van der Waals surface area (Å²) in [5, 5.41) is 9.41. The van der Waals surface area contributed by atoms with Crippen molar-refractivity contribution in [1.82, 2.24) is 0 Å². The van der Waals surface area contributed by atoms with Gasteiger partial charge in [0.05, 0.1) is 5.56 Å². The topological polar surface area (TPSA) is 70.8 Å². The van der Waals surface area contributed by atoms with Crippen LogP contribution < -0.4 is 4.90 Å². The molecule has 1 unspecified atom stereocenters. The van der Waals surface area contributed by atoms with Crippen LogP contribution in [0.4, 0.5) is 5.69 Å². The Balaban J connectivity index is 2.07. The molecule has 5 heteroatoms. The number of nitrogens with zero attached hydrogens (tertiary/aromatic N) is 1. The molecule has 21 heavy (non-hydrogen) atoms. The lowest BCUT2D eigenvalue weighted by Crippen LogP contribution is -2.43. The fourth-order valence-corrected chi connectivity index (χ4v) is 2.81. The smallest absolute Gasteiger partial charge is 0.327 e. The molecule has 1 aromatic heterocycles. The number of aliphatic carboxylic acids is 1. The van der Waals surface area contributed by atoms with E-state index in [0.29, 0.717) is 29.2 Å². The summed E-state index contributed by atoms with van der Waals surface area (Å²) in [4.78, 5) is 25.6. The van der Waals surface area contributed by atoms with Gasteiger partial charge in [-0.25, -0.2) is 4.79 Å². The summed E-state index contributed by atoms with van der Waals surface area (Å²) in [7, 11) is 0. The van der Waals surface area contributed by atoms with E-state index in [1.54, 1.807) is 32.0 Å². The highest BCUT2D eigenvalue weighted by atomic mass is 16.4. The number of amides is 1. The van der Waals surface area contributed by atoms with Crippen molar-refractivity contribution in [3.8, 4) is 0 Å². The minimum absolute atomic E-state index is 0.327. The number of aryl methyl sites for hydroxylation is 2. The molecule has 0 spiro atoms. The van der Waals surface area contributed by atoms with Gasteiger partial charge < -0.3 is 9.52 Å². The highest BCUT2D eigenvalue weighted by Gasteiger charge is 2.39. The number of rotatable bonds is 2. The van der Waals surface area contributed by atoms with Gasteiger partial charge in [-0.05, 0) is 31.5 Å². The Labute approximate surface area is 121 Å². The van der Waals surface area contributed by atoms with E-state index in [9.17, 15) is 14.7 Å². The van der Waals surface area contributed by atoms with E-state index in [2.05, 4.69) is 0 Å². The van der Waals surface area contributed by atoms with E-state index in [1.165, 1.54) is 4.90 Å². The van der Waals surface area contributed by atoms with Crippen LogP contribution in [0.5, 0.6) is 0 Å². The molecule has 0 bridgehead atoms. The molecular weight excluding hydrogens is 270 g/mol. The van der Waals surface area contributed by atoms with Crippen LogP contribution in [0.1, 0.15) is 27.4 Å². The first-order valence-electron chi connectivity index (χ1n) is 6.70. The predicted molar refractivity (Wildman–Crippen MR) is 76.6 cm³/mol. The van der Waals surface area contributed by atoms with Gasteiger partial charge in [0.1, 0.15) is 17.6 Å². The summed E-state index contributed by atoms with van der Waals surface area (Å²) in [5.41, 5.74) is 1.94. The van der Waals surface area contributed by atoms with Crippen LogP contribution >= 0.6 is 0 Å². The molecule has 0 radical (unpaired) electrons. The number of carbonyl (C=O) groups is 2. The minimum atomic E-state index is -1.00. The SMILES string of the molecule is Cc1cc(C(=O)N2c3ccccc3CC2C(=O)O)c(C)o1. The Morgan fingerprint density at radius 2 is 2.00 bits per heavy atom. The maximum absolute atomic E-state index is 12.8. The Kier molecular flexibility index (Phi) is 3.05. The third-order valence-electron chi connectivity index (χ3n) is 3.75. The summed E-state index contributed by atoms with van der Waals surface area (Å²) < 4.78 is 5.38. The molecule has 0 fully saturated rings. The van der Waals surface area contributed by atoms with Crippen molar-refractivity contribution < 1.29 is 19.1 Å². The Bertz CT molecular complexity index is 732. The van der Waals surface area contributed by atoms with E-state index in [4.69, 9.17) is 4.42 Å². The van der Waals surface area contributed by atoms with Crippen LogP contribution in [0.15, 0.2) is 34.7 Å². The molecule has 5 nitrogen and oxygen atoms in total. The van der Waals surface area contributed by atoms with Crippen LogP contribution in [0.25, 0.3) is 0 Å². The standard InChI is InChI=1S/C16H15NO4/c1-9-7-12(10(2)21-9)15(18)17-13-6-4-3-5-11(13)8-14(17)16(19)20/h3-7,14H,8H2,1-2H3,(H,19,20). The Morgan fingerprint density at radius 3 is 2.62 bits per heavy atom. The van der Waals surface area contributed by atoms with Gasteiger partial charge in [0.15, 0.2) is 0 Å². The van der Waals surface area contributed by atoms with Gasteiger partial charge in [0.25, 0.3) is 5.91 Å². The van der Waals surface area contributed by atoms with Crippen molar-refractivity contribution in [2.45, 2.75) is 26.3 Å². The summed E-state index contributed by atoms with van der Waals surface area (Å²) in [6.07, 6.45) is 0.327. The second-order valence-electron chi connectivity index (χ2n) is 5.19. The first-order valence-corrected chi connectivity index (χ1v) is 6.70. The zero-order chi connectivity index (χ0) is 15.1. The maximum atomic E-state index is 12.8. The quantitative estimate of drug-likeness (QED) is 0.920. The monoisotopic (exact) mass is 285 g/mol. The van der Waals surface area contributed by atoms with Crippen LogP contribution in [0.3, 0.4) is 0 Å². The number of carbonyl (C=O) groups excluding carboxylic acids is 1. The van der Waals surface area contributed by atoms with Crippen molar-refractivity contribution in [2.24, 2.45) is 0 Å². The zero-order valence-corrected chi connectivity index (χ0v) is 11.8. The molecule has 2 heterocycles. The molecule has 1 N–H and O–H groups in total. The number of hydrogen-bond donors (Lipinski definition) is 1. The van der Waals surface area contributed by atoms with Crippen molar-refractivity contribution in [2.75, 3.05) is 4.90 Å².